The third-order valence-corrected chi connectivity index (χ3v) is 6.13. The molecule has 2 aliphatic heterocycles. The van der Waals surface area contributed by atoms with Crippen LogP contribution in [0.2, 0.25) is 0 Å². The zero-order valence-electron chi connectivity index (χ0n) is 16.8. The van der Waals surface area contributed by atoms with Crippen molar-refractivity contribution in [3.63, 3.8) is 0 Å². The number of nitrogens with two attached hydrogens (primary N) is 4. The van der Waals surface area contributed by atoms with Gasteiger partial charge in [-0.3, -0.25) is 0 Å². The molecule has 14 N–H and O–H groups in total. The molecule has 14 nitrogen and oxygen atoms in total. The minimum absolute atomic E-state index is 0.114. The Bertz CT molecular complexity index is 591. The second-order valence-electron chi connectivity index (χ2n) is 8.30. The van der Waals surface area contributed by atoms with Gasteiger partial charge >= 0.3 is 0 Å². The van der Waals surface area contributed by atoms with Gasteiger partial charge in [0.1, 0.15) is 48.8 Å². The Morgan fingerprint density at radius 2 is 1.29 bits per heavy atom. The van der Waals surface area contributed by atoms with E-state index in [1.807, 2.05) is 0 Å². The van der Waals surface area contributed by atoms with Crippen LogP contribution in [-0.4, -0.2) is 129 Å². The van der Waals surface area contributed by atoms with E-state index in [2.05, 4.69) is 0 Å². The van der Waals surface area contributed by atoms with Crippen molar-refractivity contribution in [3.8, 4) is 0 Å². The van der Waals surface area contributed by atoms with Crippen LogP contribution in [0.3, 0.4) is 0 Å². The molecular formula is C17H34N4O10. The number of aliphatic hydroxyl groups is 6. The third kappa shape index (κ3) is 4.87. The van der Waals surface area contributed by atoms with E-state index in [-0.39, 0.29) is 13.0 Å². The van der Waals surface area contributed by atoms with E-state index in [4.69, 9.17) is 41.9 Å². The Kier molecular flexibility index (Phi) is 8.21. The largest absolute Gasteiger partial charge is 0.394 e. The maximum atomic E-state index is 10.6. The molecule has 2 heterocycles. The third-order valence-electron chi connectivity index (χ3n) is 6.13. The van der Waals surface area contributed by atoms with Crippen LogP contribution < -0.4 is 22.9 Å². The van der Waals surface area contributed by atoms with E-state index in [1.165, 1.54) is 0 Å². The fourth-order valence-electron chi connectivity index (χ4n) is 4.16. The summed E-state index contributed by atoms with van der Waals surface area (Å²) in [5.41, 5.74) is 23.6. The topological polar surface area (TPSA) is 262 Å². The molecular weight excluding hydrogens is 420 g/mol. The van der Waals surface area contributed by atoms with Gasteiger partial charge in [-0.2, -0.15) is 0 Å². The average Bonchev–Trinajstić information content (AvgIpc) is 3.02. The van der Waals surface area contributed by atoms with Gasteiger partial charge in [0.05, 0.1) is 18.8 Å². The monoisotopic (exact) mass is 454 g/mol. The van der Waals surface area contributed by atoms with Gasteiger partial charge in [0.15, 0.2) is 12.6 Å². The highest BCUT2D eigenvalue weighted by Gasteiger charge is 2.52. The number of aliphatic hydroxyl groups excluding tert-OH is 6. The van der Waals surface area contributed by atoms with Gasteiger partial charge in [0.25, 0.3) is 0 Å². The highest BCUT2D eigenvalue weighted by atomic mass is 16.7. The standard InChI is InChI=1S/C17H34N4O10/c18-2-6-10(24)12(26)8(21)16(28-6)30-14-5(20)1-4(19)9(23)15(14)31-17-13(27)11(25)7(3-22)29-17/h4-17,22-27H,1-3,18-21H2/t4-,5+,6-,7-,8-,9+,10-,11-,12-,13-,14?,15-,16-,17+/m1/s1. The first-order chi connectivity index (χ1) is 14.6. The van der Waals surface area contributed by atoms with Gasteiger partial charge < -0.3 is 72.5 Å². The van der Waals surface area contributed by atoms with Crippen LogP contribution in [0, 0.1) is 0 Å². The van der Waals surface area contributed by atoms with Crippen LogP contribution in [0.25, 0.3) is 0 Å². The molecule has 0 radical (unpaired) electrons. The summed E-state index contributed by atoms with van der Waals surface area (Å²) in [5, 5.41) is 60.2. The summed E-state index contributed by atoms with van der Waals surface area (Å²) in [5.74, 6) is 0. The second-order valence-corrected chi connectivity index (χ2v) is 8.30. The van der Waals surface area contributed by atoms with Gasteiger partial charge in [0, 0.05) is 18.6 Å². The highest BCUT2D eigenvalue weighted by Crippen LogP contribution is 2.31. The molecule has 31 heavy (non-hydrogen) atoms. The molecule has 0 spiro atoms. The molecule has 2 saturated heterocycles. The molecule has 1 aliphatic carbocycles. The van der Waals surface area contributed by atoms with Crippen molar-refractivity contribution in [2.45, 2.75) is 92.1 Å². The van der Waals surface area contributed by atoms with Crippen molar-refractivity contribution in [3.05, 3.63) is 0 Å². The normalized spacial score (nSPS) is 53.6. The summed E-state index contributed by atoms with van der Waals surface area (Å²) in [6.07, 6.45) is -13.8. The lowest BCUT2D eigenvalue weighted by molar-refractivity contribution is -0.306. The Morgan fingerprint density at radius 3 is 1.87 bits per heavy atom. The van der Waals surface area contributed by atoms with Gasteiger partial charge in [-0.1, -0.05) is 0 Å². The van der Waals surface area contributed by atoms with E-state index in [1.54, 1.807) is 0 Å². The highest BCUT2D eigenvalue weighted by molar-refractivity contribution is 5.01. The molecule has 0 bridgehead atoms. The molecule has 1 saturated carbocycles. The van der Waals surface area contributed by atoms with Crippen LogP contribution in [0.1, 0.15) is 6.42 Å². The van der Waals surface area contributed by atoms with Crippen molar-refractivity contribution < 1.29 is 49.6 Å². The summed E-state index contributed by atoms with van der Waals surface area (Å²) in [6, 6.07) is -2.72. The van der Waals surface area contributed by atoms with Crippen LogP contribution in [0.15, 0.2) is 0 Å². The predicted octanol–water partition coefficient (Wildman–Crippen LogP) is -6.65. The molecule has 3 rings (SSSR count). The van der Waals surface area contributed by atoms with Crippen molar-refractivity contribution in [2.75, 3.05) is 13.2 Å². The SMILES string of the molecule is NC[C@H]1O[C@H](OC2[C@@H](N)C[C@@H](N)[C@H](O)[C@H]2O[C@@H]2O[C@H](CO)[C@@H](O)[C@H]2O)[C@H](N)[C@@H](O)[C@@H]1O. The minimum Gasteiger partial charge on any atom is -0.394 e. The summed E-state index contributed by atoms with van der Waals surface area (Å²) < 4.78 is 22.5. The van der Waals surface area contributed by atoms with Gasteiger partial charge in [0.2, 0.25) is 0 Å². The Balaban J connectivity index is 1.78. The smallest absolute Gasteiger partial charge is 0.187 e. The predicted molar refractivity (Wildman–Crippen MR) is 102 cm³/mol. The molecule has 1 unspecified atom stereocenters. The molecule has 14 heteroatoms. The first-order valence-electron chi connectivity index (χ1n) is 10.2. The Labute approximate surface area is 178 Å². The maximum absolute atomic E-state index is 10.6. The molecule has 3 fully saturated rings. The zero-order chi connectivity index (χ0) is 23.0. The number of ether oxygens (including phenoxy) is 4. The van der Waals surface area contributed by atoms with E-state index >= 15 is 0 Å². The molecule has 182 valence electrons. The maximum Gasteiger partial charge on any atom is 0.187 e. The summed E-state index contributed by atoms with van der Waals surface area (Å²) in [7, 11) is 0. The Hall–Kier alpha value is -0.560. The van der Waals surface area contributed by atoms with Crippen LogP contribution in [-0.2, 0) is 18.9 Å². The molecule has 0 amide bonds. The molecule has 3 aliphatic rings. The van der Waals surface area contributed by atoms with E-state index in [9.17, 15) is 30.6 Å². The van der Waals surface area contributed by atoms with Gasteiger partial charge in [-0.25, -0.2) is 0 Å². The molecule has 0 aromatic carbocycles. The van der Waals surface area contributed by atoms with Gasteiger partial charge in [-0.05, 0) is 6.42 Å². The van der Waals surface area contributed by atoms with Crippen LogP contribution >= 0.6 is 0 Å². The quantitative estimate of drug-likeness (QED) is 0.179. The lowest BCUT2D eigenvalue weighted by Crippen LogP contribution is -2.68. The van der Waals surface area contributed by atoms with E-state index in [0.717, 1.165) is 0 Å². The average molecular weight is 454 g/mol. The summed E-state index contributed by atoms with van der Waals surface area (Å²) in [6.45, 7) is -0.673. The number of hydrogen-bond donors (Lipinski definition) is 10. The van der Waals surface area contributed by atoms with Crippen molar-refractivity contribution >= 4 is 0 Å². The first-order valence-corrected chi connectivity index (χ1v) is 10.2. The molecule has 0 aromatic heterocycles. The van der Waals surface area contributed by atoms with Crippen molar-refractivity contribution in [1.29, 1.82) is 0 Å². The Morgan fingerprint density at radius 1 is 0.710 bits per heavy atom. The fraction of sp³-hybridized carbons (Fsp3) is 1.00. The van der Waals surface area contributed by atoms with Crippen molar-refractivity contribution in [2.24, 2.45) is 22.9 Å². The van der Waals surface area contributed by atoms with Crippen molar-refractivity contribution in [1.82, 2.24) is 0 Å². The van der Waals surface area contributed by atoms with Gasteiger partial charge in [-0.15, -0.1) is 0 Å². The lowest BCUT2D eigenvalue weighted by Gasteiger charge is -2.47. The van der Waals surface area contributed by atoms with Crippen LogP contribution in [0.4, 0.5) is 0 Å². The minimum atomic E-state index is -1.51. The van der Waals surface area contributed by atoms with E-state index in [0.29, 0.717) is 0 Å². The lowest BCUT2D eigenvalue weighted by atomic mass is 9.84. The first kappa shape index (κ1) is 25.1. The molecule has 14 atom stereocenters. The fourth-order valence-corrected chi connectivity index (χ4v) is 4.16. The summed E-state index contributed by atoms with van der Waals surface area (Å²) >= 11 is 0. The number of hydrogen-bond acceptors (Lipinski definition) is 14. The number of rotatable bonds is 6. The zero-order valence-corrected chi connectivity index (χ0v) is 16.8. The van der Waals surface area contributed by atoms with Crippen LogP contribution in [0.5, 0.6) is 0 Å². The van der Waals surface area contributed by atoms with E-state index < -0.39 is 92.2 Å². The second kappa shape index (κ2) is 10.1. The summed E-state index contributed by atoms with van der Waals surface area (Å²) in [4.78, 5) is 0. The molecule has 0 aromatic rings.